The summed E-state index contributed by atoms with van der Waals surface area (Å²) in [5.41, 5.74) is 2.74. The Hall–Kier alpha value is -2.72. The molecule has 2 saturated heterocycles. The third-order valence-corrected chi connectivity index (χ3v) is 6.61. The maximum Gasteiger partial charge on any atom is 0.230 e. The molecule has 3 N–H and O–H groups in total. The molecule has 1 aromatic carbocycles. The van der Waals surface area contributed by atoms with Crippen molar-refractivity contribution in [3.05, 3.63) is 40.8 Å². The van der Waals surface area contributed by atoms with Crippen molar-refractivity contribution < 1.29 is 0 Å². The standard InChI is InChI=1S/C20H22BrN9/c21-13-8-24-30-18(13)27-20(29-10-12-4-3-7-22-16(12)11-29)28-19(30)23-9-17-25-14-5-1-2-6-15(14)26-17/h1-2,5-6,8,12,16,22H,3-4,7,9-11H2,(H,25,26)(H,23,27,28)/t12-,16+/m1/s1. The zero-order chi connectivity index (χ0) is 20.1. The first-order valence-electron chi connectivity index (χ1n) is 10.3. The Labute approximate surface area is 181 Å². The average Bonchev–Trinajstić information content (AvgIpc) is 3.48. The quantitative estimate of drug-likeness (QED) is 0.424. The lowest BCUT2D eigenvalue weighted by atomic mass is 9.94. The third-order valence-electron chi connectivity index (χ3n) is 6.05. The molecule has 6 rings (SSSR count). The zero-order valence-corrected chi connectivity index (χ0v) is 17.9. The van der Waals surface area contributed by atoms with E-state index in [2.05, 4.69) is 46.5 Å². The van der Waals surface area contributed by atoms with Crippen LogP contribution in [0.1, 0.15) is 18.7 Å². The van der Waals surface area contributed by atoms with Gasteiger partial charge in [0, 0.05) is 19.1 Å². The molecule has 5 heterocycles. The van der Waals surface area contributed by atoms with Gasteiger partial charge < -0.3 is 20.5 Å². The van der Waals surface area contributed by atoms with Crippen LogP contribution in [0.15, 0.2) is 34.9 Å². The van der Waals surface area contributed by atoms with Gasteiger partial charge in [0.2, 0.25) is 11.9 Å². The number of aromatic amines is 1. The summed E-state index contributed by atoms with van der Waals surface area (Å²) < 4.78 is 2.59. The Morgan fingerprint density at radius 1 is 1.17 bits per heavy atom. The topological polar surface area (TPSA) is 99.1 Å². The minimum absolute atomic E-state index is 0.518. The van der Waals surface area contributed by atoms with Crippen LogP contribution in [-0.2, 0) is 6.54 Å². The number of halogens is 1. The molecule has 3 aromatic heterocycles. The van der Waals surface area contributed by atoms with Crippen LogP contribution < -0.4 is 15.5 Å². The number of hydrogen-bond donors (Lipinski definition) is 3. The second kappa shape index (κ2) is 7.21. The highest BCUT2D eigenvalue weighted by Crippen LogP contribution is 2.29. The summed E-state index contributed by atoms with van der Waals surface area (Å²) in [6.45, 7) is 3.55. The monoisotopic (exact) mass is 467 g/mol. The summed E-state index contributed by atoms with van der Waals surface area (Å²) >= 11 is 3.57. The smallest absolute Gasteiger partial charge is 0.230 e. The number of fused-ring (bicyclic) bond motifs is 3. The predicted molar refractivity (Wildman–Crippen MR) is 119 cm³/mol. The predicted octanol–water partition coefficient (Wildman–Crippen LogP) is 2.56. The van der Waals surface area contributed by atoms with E-state index in [0.29, 0.717) is 24.5 Å². The molecule has 2 aliphatic heterocycles. The van der Waals surface area contributed by atoms with Crippen molar-refractivity contribution in [1.82, 2.24) is 34.9 Å². The SMILES string of the molecule is Brc1cnn2c(NCc3nc4ccccc4[nH]3)nc(N3C[C@H]4CCCN[C@H]4C3)nc12. The molecule has 10 heteroatoms. The minimum atomic E-state index is 0.518. The lowest BCUT2D eigenvalue weighted by Crippen LogP contribution is -2.40. The molecule has 2 aliphatic rings. The molecule has 0 amide bonds. The molecule has 0 saturated carbocycles. The van der Waals surface area contributed by atoms with Crippen molar-refractivity contribution in [3.8, 4) is 0 Å². The van der Waals surface area contributed by atoms with Crippen LogP contribution in [0.5, 0.6) is 0 Å². The first kappa shape index (κ1) is 18.1. The van der Waals surface area contributed by atoms with Gasteiger partial charge in [0.25, 0.3) is 0 Å². The lowest BCUT2D eigenvalue weighted by molar-refractivity contribution is 0.340. The number of hydrogen-bond acceptors (Lipinski definition) is 7. The number of aromatic nitrogens is 6. The van der Waals surface area contributed by atoms with E-state index in [1.165, 1.54) is 12.8 Å². The minimum Gasteiger partial charge on any atom is -0.347 e. The number of nitrogens with zero attached hydrogens (tertiary/aromatic N) is 6. The highest BCUT2D eigenvalue weighted by molar-refractivity contribution is 9.10. The van der Waals surface area contributed by atoms with E-state index in [1.807, 2.05) is 24.3 Å². The molecule has 9 nitrogen and oxygen atoms in total. The van der Waals surface area contributed by atoms with Crippen LogP contribution in [0.3, 0.4) is 0 Å². The summed E-state index contributed by atoms with van der Waals surface area (Å²) in [6.07, 6.45) is 4.27. The summed E-state index contributed by atoms with van der Waals surface area (Å²) in [7, 11) is 0. The lowest BCUT2D eigenvalue weighted by Gasteiger charge is -2.24. The van der Waals surface area contributed by atoms with Crippen molar-refractivity contribution in [1.29, 1.82) is 0 Å². The first-order valence-corrected chi connectivity index (χ1v) is 11.1. The van der Waals surface area contributed by atoms with E-state index >= 15 is 0 Å². The molecule has 2 fully saturated rings. The Bertz CT molecular complexity index is 1170. The Balaban J connectivity index is 1.31. The molecule has 4 aromatic rings. The van der Waals surface area contributed by atoms with Crippen LogP contribution in [0, 0.1) is 5.92 Å². The van der Waals surface area contributed by atoms with Gasteiger partial charge in [0.1, 0.15) is 5.82 Å². The normalized spacial score (nSPS) is 21.4. The Kier molecular flexibility index (Phi) is 4.34. The van der Waals surface area contributed by atoms with Crippen LogP contribution in [-0.4, -0.2) is 55.2 Å². The molecule has 0 bridgehead atoms. The molecule has 2 atom stereocenters. The van der Waals surface area contributed by atoms with Gasteiger partial charge in [-0.15, -0.1) is 0 Å². The average molecular weight is 468 g/mol. The van der Waals surface area contributed by atoms with E-state index < -0.39 is 0 Å². The van der Waals surface area contributed by atoms with E-state index in [1.54, 1.807) is 10.7 Å². The van der Waals surface area contributed by atoms with E-state index in [0.717, 1.165) is 52.6 Å². The largest absolute Gasteiger partial charge is 0.347 e. The van der Waals surface area contributed by atoms with Gasteiger partial charge in [-0.1, -0.05) is 12.1 Å². The number of nitrogens with one attached hydrogen (secondary N) is 3. The van der Waals surface area contributed by atoms with Crippen LogP contribution in [0.25, 0.3) is 16.7 Å². The molecule has 154 valence electrons. The van der Waals surface area contributed by atoms with Gasteiger partial charge in [0.15, 0.2) is 5.65 Å². The van der Waals surface area contributed by atoms with Crippen molar-refractivity contribution in [2.24, 2.45) is 5.92 Å². The van der Waals surface area contributed by atoms with E-state index in [9.17, 15) is 0 Å². The zero-order valence-electron chi connectivity index (χ0n) is 16.3. The van der Waals surface area contributed by atoms with E-state index in [4.69, 9.17) is 9.97 Å². The number of H-pyrrole nitrogens is 1. The fourth-order valence-electron chi connectivity index (χ4n) is 4.56. The van der Waals surface area contributed by atoms with Crippen molar-refractivity contribution in [3.63, 3.8) is 0 Å². The number of piperidine rings is 1. The number of imidazole rings is 1. The second-order valence-electron chi connectivity index (χ2n) is 8.00. The molecule has 0 spiro atoms. The highest BCUT2D eigenvalue weighted by Gasteiger charge is 2.35. The van der Waals surface area contributed by atoms with Crippen LogP contribution in [0.4, 0.5) is 11.9 Å². The first-order chi connectivity index (χ1) is 14.7. The maximum absolute atomic E-state index is 4.84. The Morgan fingerprint density at radius 2 is 2.10 bits per heavy atom. The van der Waals surface area contributed by atoms with Gasteiger partial charge in [-0.3, -0.25) is 0 Å². The molecule has 30 heavy (non-hydrogen) atoms. The van der Waals surface area contributed by atoms with Crippen LogP contribution in [0.2, 0.25) is 0 Å². The van der Waals surface area contributed by atoms with Gasteiger partial charge in [-0.2, -0.15) is 19.6 Å². The summed E-state index contributed by atoms with van der Waals surface area (Å²) in [6, 6.07) is 8.55. The van der Waals surface area contributed by atoms with Crippen LogP contribution >= 0.6 is 15.9 Å². The second-order valence-corrected chi connectivity index (χ2v) is 8.85. The Morgan fingerprint density at radius 3 is 3.00 bits per heavy atom. The molecule has 0 radical (unpaired) electrons. The van der Waals surface area contributed by atoms with Gasteiger partial charge in [0.05, 0.1) is 28.2 Å². The molecule has 0 unspecified atom stereocenters. The summed E-state index contributed by atoms with van der Waals surface area (Å²) in [4.78, 5) is 19.9. The highest BCUT2D eigenvalue weighted by atomic mass is 79.9. The third kappa shape index (κ3) is 3.10. The van der Waals surface area contributed by atoms with Crippen molar-refractivity contribution >= 4 is 44.5 Å². The van der Waals surface area contributed by atoms with Crippen molar-refractivity contribution in [2.75, 3.05) is 29.9 Å². The number of anilines is 2. The summed E-state index contributed by atoms with van der Waals surface area (Å²) in [5.74, 6) is 2.92. The molecule has 0 aliphatic carbocycles. The summed E-state index contributed by atoms with van der Waals surface area (Å²) in [5, 5.41) is 11.5. The maximum atomic E-state index is 4.84. The fraction of sp³-hybridized carbons (Fsp3) is 0.400. The number of benzene rings is 1. The molecular weight excluding hydrogens is 446 g/mol. The van der Waals surface area contributed by atoms with Gasteiger partial charge in [-0.05, 0) is 53.4 Å². The van der Waals surface area contributed by atoms with E-state index in [-0.39, 0.29) is 0 Å². The van der Waals surface area contributed by atoms with Gasteiger partial charge >= 0.3 is 0 Å². The number of rotatable bonds is 4. The fourth-order valence-corrected chi connectivity index (χ4v) is 4.91. The van der Waals surface area contributed by atoms with Crippen molar-refractivity contribution in [2.45, 2.75) is 25.4 Å². The number of para-hydroxylation sites is 2. The molecular formula is C20H22BrN9. The van der Waals surface area contributed by atoms with Gasteiger partial charge in [-0.25, -0.2) is 4.98 Å².